The number of hydrogen-bond donors (Lipinski definition) is 2. The van der Waals surface area contributed by atoms with Crippen molar-refractivity contribution in [3.63, 3.8) is 0 Å². The number of benzene rings is 1. The molecule has 0 aliphatic rings. The Bertz CT molecular complexity index is 1360. The van der Waals surface area contributed by atoms with E-state index in [1.54, 1.807) is 47.4 Å². The van der Waals surface area contributed by atoms with Crippen molar-refractivity contribution in [2.75, 3.05) is 24.0 Å². The van der Waals surface area contributed by atoms with Crippen LogP contribution in [0.25, 0.3) is 28.2 Å². The summed E-state index contributed by atoms with van der Waals surface area (Å²) in [4.78, 5) is 32.1. The van der Waals surface area contributed by atoms with Gasteiger partial charge in [-0.15, -0.1) is 15.3 Å². The number of imidazole rings is 1. The van der Waals surface area contributed by atoms with Crippen LogP contribution in [0.4, 0.5) is 29.5 Å². The number of hydroxylamine groups is 1. The fraction of sp³-hybridized carbons (Fsp3) is 0.136. The van der Waals surface area contributed by atoms with Crippen LogP contribution in [0, 0.1) is 0 Å². The highest BCUT2D eigenvalue weighted by atomic mass is 19.4. The monoisotopic (exact) mass is 485 g/mol. The molecule has 0 unspecified atom stereocenters. The maximum absolute atomic E-state index is 12.5. The van der Waals surface area contributed by atoms with Gasteiger partial charge in [-0.1, -0.05) is 12.1 Å². The van der Waals surface area contributed by atoms with Crippen LogP contribution in [0.2, 0.25) is 0 Å². The minimum absolute atomic E-state index is 0.0424. The third-order valence-electron chi connectivity index (χ3n) is 4.88. The van der Waals surface area contributed by atoms with E-state index in [-0.39, 0.29) is 12.2 Å². The number of rotatable bonds is 7. The second kappa shape index (κ2) is 9.67. The SMILES string of the molecule is CNc1ccc(-c2ccn3c(-c4cccc(N(OC=O)C(=O)NCC(F)(F)F)c4)cnc3c2)nn1. The Kier molecular flexibility index (Phi) is 6.48. The van der Waals surface area contributed by atoms with Crippen molar-refractivity contribution >= 4 is 29.7 Å². The molecule has 0 saturated heterocycles. The van der Waals surface area contributed by atoms with Gasteiger partial charge in [0.1, 0.15) is 18.0 Å². The molecule has 0 atom stereocenters. The summed E-state index contributed by atoms with van der Waals surface area (Å²) in [5.74, 6) is 0.637. The molecular weight excluding hydrogens is 467 g/mol. The number of nitrogens with zero attached hydrogens (tertiary/aromatic N) is 5. The Morgan fingerprint density at radius 3 is 2.66 bits per heavy atom. The van der Waals surface area contributed by atoms with E-state index in [4.69, 9.17) is 0 Å². The van der Waals surface area contributed by atoms with E-state index >= 15 is 0 Å². The zero-order valence-electron chi connectivity index (χ0n) is 18.2. The lowest BCUT2D eigenvalue weighted by Crippen LogP contribution is -2.43. The van der Waals surface area contributed by atoms with E-state index in [2.05, 4.69) is 25.3 Å². The average molecular weight is 485 g/mol. The maximum atomic E-state index is 12.5. The number of hydrogen-bond acceptors (Lipinski definition) is 7. The van der Waals surface area contributed by atoms with Crippen molar-refractivity contribution in [2.45, 2.75) is 6.18 Å². The molecule has 35 heavy (non-hydrogen) atoms. The van der Waals surface area contributed by atoms with Crippen molar-refractivity contribution in [1.29, 1.82) is 0 Å². The van der Waals surface area contributed by atoms with Gasteiger partial charge in [0, 0.05) is 24.4 Å². The lowest BCUT2D eigenvalue weighted by atomic mass is 10.1. The van der Waals surface area contributed by atoms with Gasteiger partial charge in [0.25, 0.3) is 0 Å². The van der Waals surface area contributed by atoms with E-state index in [1.165, 1.54) is 12.1 Å². The summed E-state index contributed by atoms with van der Waals surface area (Å²) in [5, 5.41) is 13.3. The van der Waals surface area contributed by atoms with Gasteiger partial charge in [-0.3, -0.25) is 9.20 Å². The minimum atomic E-state index is -4.62. The van der Waals surface area contributed by atoms with Gasteiger partial charge in [0.2, 0.25) is 0 Å². The highest BCUT2D eigenvalue weighted by Crippen LogP contribution is 2.28. The quantitative estimate of drug-likeness (QED) is 0.303. The molecule has 3 heterocycles. The normalized spacial score (nSPS) is 11.2. The molecule has 0 fully saturated rings. The van der Waals surface area contributed by atoms with Crippen LogP contribution < -0.4 is 15.7 Å². The number of fused-ring (bicyclic) bond motifs is 1. The number of anilines is 2. The van der Waals surface area contributed by atoms with Crippen molar-refractivity contribution in [3.8, 4) is 22.5 Å². The van der Waals surface area contributed by atoms with Crippen molar-refractivity contribution < 1.29 is 27.6 Å². The summed E-state index contributed by atoms with van der Waals surface area (Å²) in [6.07, 6.45) is -1.24. The van der Waals surface area contributed by atoms with E-state index in [0.29, 0.717) is 33.5 Å². The fourth-order valence-electron chi connectivity index (χ4n) is 3.28. The Morgan fingerprint density at radius 2 is 1.97 bits per heavy atom. The van der Waals surface area contributed by atoms with Crippen LogP contribution in [0.3, 0.4) is 0 Å². The number of pyridine rings is 1. The molecule has 10 nitrogen and oxygen atoms in total. The first-order valence-corrected chi connectivity index (χ1v) is 10.1. The third kappa shape index (κ3) is 5.29. The molecule has 180 valence electrons. The van der Waals surface area contributed by atoms with Gasteiger partial charge in [0.05, 0.1) is 23.3 Å². The average Bonchev–Trinajstić information content (AvgIpc) is 3.29. The van der Waals surface area contributed by atoms with Crippen molar-refractivity contribution in [1.82, 2.24) is 24.9 Å². The molecular formula is C22H18F3N7O3. The van der Waals surface area contributed by atoms with Gasteiger partial charge in [-0.05, 0) is 36.4 Å². The maximum Gasteiger partial charge on any atom is 0.405 e. The predicted octanol–water partition coefficient (Wildman–Crippen LogP) is 3.67. The number of nitrogens with one attached hydrogen (secondary N) is 2. The largest absolute Gasteiger partial charge is 0.405 e. The highest BCUT2D eigenvalue weighted by Gasteiger charge is 2.30. The van der Waals surface area contributed by atoms with Gasteiger partial charge in [-0.2, -0.15) is 13.2 Å². The summed E-state index contributed by atoms with van der Waals surface area (Å²) >= 11 is 0. The molecule has 2 N–H and O–H groups in total. The topological polar surface area (TPSA) is 114 Å². The first kappa shape index (κ1) is 23.5. The molecule has 0 bridgehead atoms. The fourth-order valence-corrected chi connectivity index (χ4v) is 3.28. The van der Waals surface area contributed by atoms with Crippen molar-refractivity contribution in [3.05, 3.63) is 60.9 Å². The Hall–Kier alpha value is -4.68. The van der Waals surface area contributed by atoms with Crippen LogP contribution in [-0.4, -0.2) is 51.9 Å². The van der Waals surface area contributed by atoms with Crippen LogP contribution in [0.15, 0.2) is 60.9 Å². The number of carbonyl (C=O) groups is 2. The number of aromatic nitrogens is 4. The van der Waals surface area contributed by atoms with Crippen LogP contribution in [0.5, 0.6) is 0 Å². The predicted molar refractivity (Wildman–Crippen MR) is 120 cm³/mol. The Morgan fingerprint density at radius 1 is 1.14 bits per heavy atom. The lowest BCUT2D eigenvalue weighted by Gasteiger charge is -2.20. The summed E-state index contributed by atoms with van der Waals surface area (Å²) < 4.78 is 39.2. The Labute approximate surface area is 196 Å². The lowest BCUT2D eigenvalue weighted by molar-refractivity contribution is -0.129. The summed E-state index contributed by atoms with van der Waals surface area (Å²) in [5.41, 5.74) is 3.30. The molecule has 3 aromatic heterocycles. The zero-order valence-corrected chi connectivity index (χ0v) is 18.2. The van der Waals surface area contributed by atoms with Gasteiger partial charge in [-0.25, -0.2) is 9.78 Å². The molecule has 0 saturated carbocycles. The van der Waals surface area contributed by atoms with Crippen LogP contribution >= 0.6 is 0 Å². The van der Waals surface area contributed by atoms with Crippen molar-refractivity contribution in [2.24, 2.45) is 0 Å². The number of alkyl halides is 3. The van der Waals surface area contributed by atoms with Gasteiger partial charge >= 0.3 is 18.7 Å². The van der Waals surface area contributed by atoms with E-state index in [1.807, 2.05) is 18.2 Å². The number of carbonyl (C=O) groups excluding carboxylic acids is 2. The molecule has 2 amide bonds. The minimum Gasteiger partial charge on any atom is -0.372 e. The van der Waals surface area contributed by atoms with E-state index in [0.717, 1.165) is 5.56 Å². The second-order valence-electron chi connectivity index (χ2n) is 7.16. The Balaban J connectivity index is 1.63. The van der Waals surface area contributed by atoms with Gasteiger partial charge < -0.3 is 15.5 Å². The number of urea groups is 1. The van der Waals surface area contributed by atoms with Crippen LogP contribution in [-0.2, 0) is 9.63 Å². The summed E-state index contributed by atoms with van der Waals surface area (Å²) in [6.45, 7) is -1.64. The zero-order chi connectivity index (χ0) is 25.0. The first-order chi connectivity index (χ1) is 16.8. The molecule has 4 aromatic rings. The van der Waals surface area contributed by atoms with Gasteiger partial charge in [0.15, 0.2) is 0 Å². The molecule has 0 aliphatic heterocycles. The molecule has 4 rings (SSSR count). The molecule has 0 radical (unpaired) electrons. The molecule has 1 aromatic carbocycles. The summed E-state index contributed by atoms with van der Waals surface area (Å²) in [6, 6.07) is 12.2. The summed E-state index contributed by atoms with van der Waals surface area (Å²) in [7, 11) is 1.75. The smallest absolute Gasteiger partial charge is 0.372 e. The molecule has 0 aliphatic carbocycles. The second-order valence-corrected chi connectivity index (χ2v) is 7.16. The standard InChI is InChI=1S/C22H18F3N7O3/c1-26-19-6-5-17(29-30-19)14-7-8-31-18(11-27-20(31)10-14)15-3-2-4-16(9-15)32(35-13-33)21(34)28-12-22(23,24)25/h2-11,13H,12H2,1H3,(H,26,30)(H,28,34). The highest BCUT2D eigenvalue weighted by molar-refractivity contribution is 5.91. The van der Waals surface area contributed by atoms with E-state index in [9.17, 15) is 22.8 Å². The van der Waals surface area contributed by atoms with Crippen LogP contribution in [0.1, 0.15) is 0 Å². The van der Waals surface area contributed by atoms with E-state index < -0.39 is 18.8 Å². The molecule has 0 spiro atoms. The number of amides is 2. The third-order valence-corrected chi connectivity index (χ3v) is 4.88. The first-order valence-electron chi connectivity index (χ1n) is 10.1. The molecule has 13 heteroatoms. The number of halogens is 3.